The maximum absolute atomic E-state index is 13.6. The number of hydrogen-bond acceptors (Lipinski definition) is 4. The van der Waals surface area contributed by atoms with Crippen LogP contribution in [0, 0.1) is 12.7 Å². The maximum Gasteiger partial charge on any atom is 0.490 e. The first-order valence-corrected chi connectivity index (χ1v) is 10.9. The Hall–Kier alpha value is -3.47. The molecule has 2 aromatic carbocycles. The van der Waals surface area contributed by atoms with Gasteiger partial charge in [-0.1, -0.05) is 35.9 Å². The average Bonchev–Trinajstić information content (AvgIpc) is 2.82. The van der Waals surface area contributed by atoms with Gasteiger partial charge in [0, 0.05) is 51.3 Å². The van der Waals surface area contributed by atoms with Gasteiger partial charge in [0.15, 0.2) is 0 Å². The van der Waals surface area contributed by atoms with Crippen LogP contribution in [0.4, 0.5) is 17.6 Å². The molecular formula is C24H27F4N3O4. The number of aliphatic carboxylic acids is 1. The Morgan fingerprint density at radius 1 is 1.06 bits per heavy atom. The molecule has 0 atom stereocenters. The van der Waals surface area contributed by atoms with E-state index in [0.717, 1.165) is 24.2 Å². The molecule has 7 nitrogen and oxygen atoms in total. The molecule has 11 heteroatoms. The number of amides is 2. The number of nitrogens with zero attached hydrogens (tertiary/aromatic N) is 2. The van der Waals surface area contributed by atoms with Crippen LogP contribution in [-0.2, 0) is 16.1 Å². The van der Waals surface area contributed by atoms with Crippen molar-refractivity contribution in [2.75, 3.05) is 32.7 Å². The van der Waals surface area contributed by atoms with Crippen molar-refractivity contribution in [3.05, 3.63) is 71.0 Å². The van der Waals surface area contributed by atoms with Crippen molar-refractivity contribution in [3.8, 4) is 0 Å². The summed E-state index contributed by atoms with van der Waals surface area (Å²) in [4.78, 5) is 37.8. The molecule has 35 heavy (non-hydrogen) atoms. The summed E-state index contributed by atoms with van der Waals surface area (Å²) in [6, 6.07) is 13.6. The van der Waals surface area contributed by atoms with Gasteiger partial charge in [-0.05, 0) is 30.7 Å². The Bertz CT molecular complexity index is 1010. The molecule has 0 aliphatic carbocycles. The van der Waals surface area contributed by atoms with Crippen LogP contribution < -0.4 is 5.32 Å². The lowest BCUT2D eigenvalue weighted by atomic mass is 10.1. The van der Waals surface area contributed by atoms with Crippen LogP contribution in [0.25, 0.3) is 0 Å². The Balaban J connectivity index is 0.000000540. The second-order valence-electron chi connectivity index (χ2n) is 7.91. The molecule has 1 aliphatic heterocycles. The summed E-state index contributed by atoms with van der Waals surface area (Å²) in [5.74, 6) is -3.43. The number of carbonyl (C=O) groups is 3. The first-order valence-electron chi connectivity index (χ1n) is 10.9. The summed E-state index contributed by atoms with van der Waals surface area (Å²) < 4.78 is 45.3. The smallest absolute Gasteiger partial charge is 0.475 e. The number of rotatable bonds is 6. The number of carboxylic acids is 1. The number of carboxylic acid groups (broad SMARTS) is 1. The first-order chi connectivity index (χ1) is 16.5. The quantitative estimate of drug-likeness (QED) is 0.599. The molecule has 3 rings (SSSR count). The van der Waals surface area contributed by atoms with E-state index in [1.54, 1.807) is 11.0 Å². The van der Waals surface area contributed by atoms with Crippen molar-refractivity contribution >= 4 is 17.8 Å². The minimum Gasteiger partial charge on any atom is -0.475 e. The SMILES string of the molecule is Cc1ccc(CN(CCC(=O)N2CCNCC2)C(=O)c2cccc(F)c2)cc1.O=C(O)C(F)(F)F. The van der Waals surface area contributed by atoms with Gasteiger partial charge in [0.25, 0.3) is 5.91 Å². The van der Waals surface area contributed by atoms with Crippen molar-refractivity contribution in [2.45, 2.75) is 26.1 Å². The summed E-state index contributed by atoms with van der Waals surface area (Å²) >= 11 is 0. The fourth-order valence-electron chi connectivity index (χ4n) is 3.27. The molecule has 0 unspecified atom stereocenters. The fourth-order valence-corrected chi connectivity index (χ4v) is 3.27. The normalized spacial score (nSPS) is 13.5. The number of hydrogen-bond donors (Lipinski definition) is 2. The Morgan fingerprint density at radius 3 is 2.20 bits per heavy atom. The molecule has 1 aliphatic rings. The number of alkyl halides is 3. The van der Waals surface area contributed by atoms with Crippen LogP contribution in [0.5, 0.6) is 0 Å². The van der Waals surface area contributed by atoms with Gasteiger partial charge in [0.1, 0.15) is 5.82 Å². The van der Waals surface area contributed by atoms with E-state index in [-0.39, 0.29) is 18.2 Å². The van der Waals surface area contributed by atoms with Crippen LogP contribution in [0.1, 0.15) is 27.9 Å². The van der Waals surface area contributed by atoms with Gasteiger partial charge in [-0.2, -0.15) is 13.2 Å². The van der Waals surface area contributed by atoms with Gasteiger partial charge in [0.05, 0.1) is 0 Å². The summed E-state index contributed by atoms with van der Waals surface area (Å²) in [6.07, 6.45) is -4.83. The predicted molar refractivity (Wildman–Crippen MR) is 120 cm³/mol. The number of piperazine rings is 1. The van der Waals surface area contributed by atoms with Crippen molar-refractivity contribution in [3.63, 3.8) is 0 Å². The lowest BCUT2D eigenvalue weighted by Crippen LogP contribution is -2.47. The molecule has 190 valence electrons. The van der Waals surface area contributed by atoms with Crippen LogP contribution in [0.3, 0.4) is 0 Å². The highest BCUT2D eigenvalue weighted by atomic mass is 19.4. The predicted octanol–water partition coefficient (Wildman–Crippen LogP) is 3.23. The topological polar surface area (TPSA) is 90.0 Å². The Kier molecular flexibility index (Phi) is 10.2. The highest BCUT2D eigenvalue weighted by Crippen LogP contribution is 2.14. The van der Waals surface area contributed by atoms with Crippen LogP contribution in [0.2, 0.25) is 0 Å². The van der Waals surface area contributed by atoms with Crippen molar-refractivity contribution in [1.29, 1.82) is 0 Å². The zero-order valence-corrected chi connectivity index (χ0v) is 19.1. The van der Waals surface area contributed by atoms with E-state index in [4.69, 9.17) is 9.90 Å². The zero-order chi connectivity index (χ0) is 26.0. The summed E-state index contributed by atoms with van der Waals surface area (Å²) in [7, 11) is 0. The molecule has 0 radical (unpaired) electrons. The number of carbonyl (C=O) groups excluding carboxylic acids is 2. The highest BCUT2D eigenvalue weighted by Gasteiger charge is 2.38. The minimum atomic E-state index is -5.08. The van der Waals surface area contributed by atoms with Gasteiger partial charge in [0.2, 0.25) is 5.91 Å². The van der Waals surface area contributed by atoms with E-state index in [1.165, 1.54) is 18.2 Å². The van der Waals surface area contributed by atoms with Gasteiger partial charge < -0.3 is 20.2 Å². The summed E-state index contributed by atoms with van der Waals surface area (Å²) in [5, 5.41) is 10.3. The molecule has 0 aromatic heterocycles. The highest BCUT2D eigenvalue weighted by molar-refractivity contribution is 5.94. The molecule has 1 heterocycles. The molecule has 0 bridgehead atoms. The largest absolute Gasteiger partial charge is 0.490 e. The van der Waals surface area contributed by atoms with Crippen molar-refractivity contribution < 1.29 is 37.1 Å². The average molecular weight is 497 g/mol. The molecule has 0 saturated carbocycles. The molecule has 2 aromatic rings. The minimum absolute atomic E-state index is 0.0439. The van der Waals surface area contributed by atoms with Crippen LogP contribution in [-0.4, -0.2) is 71.6 Å². The third kappa shape index (κ3) is 9.36. The number of benzene rings is 2. The van der Waals surface area contributed by atoms with Gasteiger partial charge in [-0.15, -0.1) is 0 Å². The van der Waals surface area contributed by atoms with Gasteiger partial charge in [-0.3, -0.25) is 9.59 Å². The molecule has 1 saturated heterocycles. The molecule has 0 spiro atoms. The summed E-state index contributed by atoms with van der Waals surface area (Å²) in [6.45, 7) is 5.65. The molecular weight excluding hydrogens is 470 g/mol. The Morgan fingerprint density at radius 2 is 1.66 bits per heavy atom. The van der Waals surface area contributed by atoms with E-state index in [9.17, 15) is 27.2 Å². The third-order valence-corrected chi connectivity index (χ3v) is 5.16. The third-order valence-electron chi connectivity index (χ3n) is 5.16. The van der Waals surface area contributed by atoms with Crippen LogP contribution >= 0.6 is 0 Å². The van der Waals surface area contributed by atoms with E-state index in [0.29, 0.717) is 31.7 Å². The van der Waals surface area contributed by atoms with E-state index in [2.05, 4.69) is 5.32 Å². The van der Waals surface area contributed by atoms with Crippen LogP contribution in [0.15, 0.2) is 48.5 Å². The summed E-state index contributed by atoms with van der Waals surface area (Å²) in [5.41, 5.74) is 2.41. The van der Waals surface area contributed by atoms with Gasteiger partial charge >= 0.3 is 12.1 Å². The second-order valence-corrected chi connectivity index (χ2v) is 7.91. The molecule has 2 amide bonds. The lowest BCUT2D eigenvalue weighted by molar-refractivity contribution is -0.192. The van der Waals surface area contributed by atoms with Gasteiger partial charge in [-0.25, -0.2) is 9.18 Å². The van der Waals surface area contributed by atoms with E-state index >= 15 is 0 Å². The molecule has 2 N–H and O–H groups in total. The van der Waals surface area contributed by atoms with E-state index < -0.39 is 18.0 Å². The number of aryl methyl sites for hydroxylation is 1. The fraction of sp³-hybridized carbons (Fsp3) is 0.375. The monoisotopic (exact) mass is 497 g/mol. The van der Waals surface area contributed by atoms with Crippen molar-refractivity contribution in [2.24, 2.45) is 0 Å². The number of nitrogens with one attached hydrogen (secondary N) is 1. The maximum atomic E-state index is 13.6. The standard InChI is InChI=1S/C22H26FN3O2.C2HF3O2/c1-17-5-7-18(8-6-17)16-26(22(28)19-3-2-4-20(23)15-19)12-9-21(27)25-13-10-24-11-14-25;3-2(4,5)1(6)7/h2-8,15,24H,9-14,16H2,1H3;(H,6,7). The first kappa shape index (κ1) is 27.8. The number of halogens is 4. The zero-order valence-electron chi connectivity index (χ0n) is 19.1. The second kappa shape index (κ2) is 12.8. The lowest BCUT2D eigenvalue weighted by Gasteiger charge is -2.29. The Labute approximate surface area is 200 Å². The molecule has 1 fully saturated rings. The van der Waals surface area contributed by atoms with Crippen molar-refractivity contribution in [1.82, 2.24) is 15.1 Å². The van der Waals surface area contributed by atoms with E-state index in [1.807, 2.05) is 36.1 Å².